The van der Waals surface area contributed by atoms with Gasteiger partial charge in [-0.15, -0.1) is 0 Å². The summed E-state index contributed by atoms with van der Waals surface area (Å²) in [6.45, 7) is -2.66. The second-order valence-corrected chi connectivity index (χ2v) is 14.1. The molecule has 0 aromatic carbocycles. The molecule has 1 aliphatic heterocycles. The number of aliphatic carboxylic acids is 3. The fraction of sp³-hybridized carbons (Fsp3) is 0.694. The number of carboxylic acids is 3. The van der Waals surface area contributed by atoms with E-state index in [-0.39, 0.29) is 97.2 Å². The van der Waals surface area contributed by atoms with Gasteiger partial charge in [-0.3, -0.25) is 43.6 Å². The predicted octanol–water partition coefficient (Wildman–Crippen LogP) is -3.55. The number of aliphatic hydroxyl groups excluding tert-OH is 6. The Bertz CT molecular complexity index is 1380. The first-order chi connectivity index (χ1) is 27.1. The number of hydrogen-bond donors (Lipinski definition) is 12. The van der Waals surface area contributed by atoms with Gasteiger partial charge in [0.1, 0.15) is 12.1 Å². The van der Waals surface area contributed by atoms with Crippen LogP contribution in [-0.2, 0) is 41.9 Å². The van der Waals surface area contributed by atoms with Gasteiger partial charge in [0.25, 0.3) is 0 Å². The molecular weight excluding hydrogens is 756 g/mol. The summed E-state index contributed by atoms with van der Waals surface area (Å²) in [6, 6.07) is 2.43. The molecule has 12 N–H and O–H groups in total. The van der Waals surface area contributed by atoms with Crippen LogP contribution in [0.3, 0.4) is 0 Å². The first-order valence-corrected chi connectivity index (χ1v) is 18.9. The molecule has 6 unspecified atom stereocenters. The number of carboxylic acid groups (broad SMARTS) is 3. The molecule has 3 amide bonds. The molecule has 0 spiro atoms. The molecule has 6 atom stereocenters. The third-order valence-electron chi connectivity index (χ3n) is 9.72. The zero-order valence-corrected chi connectivity index (χ0v) is 31.8. The Morgan fingerprint density at radius 1 is 0.614 bits per heavy atom. The fourth-order valence-electron chi connectivity index (χ4n) is 6.48. The van der Waals surface area contributed by atoms with Crippen LogP contribution in [0.5, 0.6) is 0 Å². The second-order valence-electron chi connectivity index (χ2n) is 14.1. The maximum Gasteiger partial charge on any atom is 0.320 e. The largest absolute Gasteiger partial charge is 0.481 e. The van der Waals surface area contributed by atoms with Crippen LogP contribution < -0.4 is 16.0 Å². The second kappa shape index (κ2) is 25.8. The highest BCUT2D eigenvalue weighted by Crippen LogP contribution is 2.29. The molecule has 322 valence electrons. The van der Waals surface area contributed by atoms with Crippen molar-refractivity contribution in [3.63, 3.8) is 0 Å². The molecular formula is C36H58N6O15. The number of nitrogens with one attached hydrogen (secondary N) is 3. The van der Waals surface area contributed by atoms with Gasteiger partial charge in [0.05, 0.1) is 55.4 Å². The lowest BCUT2D eigenvalue weighted by Gasteiger charge is -2.35. The molecule has 1 aromatic rings. The van der Waals surface area contributed by atoms with Gasteiger partial charge in [-0.2, -0.15) is 0 Å². The lowest BCUT2D eigenvalue weighted by atomic mass is 9.82. The summed E-state index contributed by atoms with van der Waals surface area (Å²) in [6.07, 6.45) is -4.83. The van der Waals surface area contributed by atoms with Crippen molar-refractivity contribution in [1.82, 2.24) is 30.7 Å². The van der Waals surface area contributed by atoms with Gasteiger partial charge in [0, 0.05) is 52.0 Å². The zero-order chi connectivity index (χ0) is 42.5. The van der Waals surface area contributed by atoms with Crippen molar-refractivity contribution >= 4 is 35.6 Å². The highest BCUT2D eigenvalue weighted by molar-refractivity contribution is 5.79. The molecule has 1 aliphatic rings. The van der Waals surface area contributed by atoms with Crippen molar-refractivity contribution in [2.75, 3.05) is 52.5 Å². The Balaban J connectivity index is 2.49. The van der Waals surface area contributed by atoms with Crippen molar-refractivity contribution in [3.05, 3.63) is 29.6 Å². The SMILES string of the molecule is O=C(CCC(C(=O)O)C1CCN(C(CCC(=O)NCC(O)CO)C(=O)O)Cc2cccc(n2)CN(C(CCC(=O)NCC(O)CO)C(=O)O)CC1)NCC(O)CO. The molecule has 0 saturated carbocycles. The maximum atomic E-state index is 12.8. The number of nitrogens with zero attached hydrogens (tertiary/aromatic N) is 3. The van der Waals surface area contributed by atoms with Crippen molar-refractivity contribution < 1.29 is 74.7 Å². The van der Waals surface area contributed by atoms with Crippen LogP contribution >= 0.6 is 0 Å². The van der Waals surface area contributed by atoms with E-state index in [1.165, 1.54) is 0 Å². The summed E-state index contributed by atoms with van der Waals surface area (Å²) in [5, 5.41) is 94.3. The molecule has 21 nitrogen and oxygen atoms in total. The van der Waals surface area contributed by atoms with Gasteiger partial charge >= 0.3 is 17.9 Å². The van der Waals surface area contributed by atoms with Gasteiger partial charge in [0.2, 0.25) is 17.7 Å². The highest BCUT2D eigenvalue weighted by atomic mass is 16.4. The monoisotopic (exact) mass is 814 g/mol. The van der Waals surface area contributed by atoms with Gasteiger partial charge in [-0.05, 0) is 63.2 Å². The summed E-state index contributed by atoms with van der Waals surface area (Å²) in [5.41, 5.74) is 0.799. The Labute approximate surface area is 329 Å². The van der Waals surface area contributed by atoms with E-state index in [2.05, 4.69) is 20.9 Å². The third-order valence-corrected chi connectivity index (χ3v) is 9.72. The molecule has 1 aromatic heterocycles. The lowest BCUT2D eigenvalue weighted by molar-refractivity contribution is -0.147. The standard InChI is InChI=1S/C36H58N6O15/c43-19-25(46)14-37-31(49)7-4-28(34(52)53)22-10-12-41(29(35(54)55)5-8-32(50)38-15-26(47)20-44)17-23-2-1-3-24(40-23)18-42(13-11-22)30(36(56)57)6-9-33(51)39-16-27(48)21-45/h1-3,22,25-30,43-48H,4-21H2,(H,37,49)(H,38,50)(H,39,51)(H,52,53)(H,54,55)(H,56,57). The molecule has 0 aliphatic carbocycles. The molecule has 2 heterocycles. The Hall–Kier alpha value is -4.35. The van der Waals surface area contributed by atoms with Crippen LogP contribution in [0.4, 0.5) is 0 Å². The van der Waals surface area contributed by atoms with Crippen molar-refractivity contribution in [1.29, 1.82) is 0 Å². The van der Waals surface area contributed by atoms with E-state index < -0.39 is 97.7 Å². The van der Waals surface area contributed by atoms with Gasteiger partial charge in [0.15, 0.2) is 0 Å². The van der Waals surface area contributed by atoms with E-state index in [0.717, 1.165) is 0 Å². The van der Waals surface area contributed by atoms with Crippen LogP contribution in [0.1, 0.15) is 62.8 Å². The molecule has 0 saturated heterocycles. The molecule has 2 rings (SSSR count). The van der Waals surface area contributed by atoms with Crippen molar-refractivity contribution in [2.45, 2.75) is 94.9 Å². The van der Waals surface area contributed by atoms with Crippen LogP contribution in [0.2, 0.25) is 0 Å². The number of fused-ring (bicyclic) bond motifs is 2. The van der Waals surface area contributed by atoms with Crippen LogP contribution in [0.25, 0.3) is 0 Å². The predicted molar refractivity (Wildman–Crippen MR) is 198 cm³/mol. The maximum absolute atomic E-state index is 12.8. The summed E-state index contributed by atoms with van der Waals surface area (Å²) in [4.78, 5) is 83.6. The Morgan fingerprint density at radius 3 is 1.32 bits per heavy atom. The number of aromatic nitrogens is 1. The normalized spacial score (nSPS) is 18.7. The lowest BCUT2D eigenvalue weighted by Crippen LogP contribution is -2.45. The average Bonchev–Trinajstić information content (AvgIpc) is 3.17. The van der Waals surface area contributed by atoms with Crippen molar-refractivity contribution in [2.24, 2.45) is 11.8 Å². The topological polar surface area (TPSA) is 340 Å². The van der Waals surface area contributed by atoms with E-state index in [9.17, 15) is 59.4 Å². The minimum absolute atomic E-state index is 0.0146. The summed E-state index contributed by atoms with van der Waals surface area (Å²) >= 11 is 0. The smallest absolute Gasteiger partial charge is 0.320 e. The first-order valence-electron chi connectivity index (χ1n) is 18.9. The minimum Gasteiger partial charge on any atom is -0.481 e. The van der Waals surface area contributed by atoms with E-state index in [1.807, 2.05) is 0 Å². The first kappa shape index (κ1) is 48.8. The van der Waals surface area contributed by atoms with Gasteiger partial charge in [-0.25, -0.2) is 0 Å². The minimum atomic E-state index is -1.26. The van der Waals surface area contributed by atoms with Gasteiger partial charge < -0.3 is 61.9 Å². The molecule has 0 radical (unpaired) electrons. The third kappa shape index (κ3) is 18.2. The molecule has 0 fully saturated rings. The zero-order valence-electron chi connectivity index (χ0n) is 31.8. The number of hydrogen-bond acceptors (Lipinski definition) is 15. The van der Waals surface area contributed by atoms with Crippen LogP contribution in [-0.4, -0.2) is 179 Å². The molecule has 2 bridgehead atoms. The molecule has 21 heteroatoms. The van der Waals surface area contributed by atoms with Crippen LogP contribution in [0, 0.1) is 11.8 Å². The number of carbonyl (C=O) groups excluding carboxylic acids is 3. The summed E-state index contributed by atoms with van der Waals surface area (Å²) < 4.78 is 0. The number of pyridine rings is 1. The quantitative estimate of drug-likeness (QED) is 0.0481. The Morgan fingerprint density at radius 2 is 0.982 bits per heavy atom. The number of rotatable bonds is 24. The van der Waals surface area contributed by atoms with Crippen LogP contribution in [0.15, 0.2) is 18.2 Å². The van der Waals surface area contributed by atoms with E-state index in [0.29, 0.717) is 11.4 Å². The van der Waals surface area contributed by atoms with Gasteiger partial charge in [-0.1, -0.05) is 6.07 Å². The number of aliphatic hydroxyl groups is 6. The van der Waals surface area contributed by atoms with E-state index in [1.54, 1.807) is 28.0 Å². The van der Waals surface area contributed by atoms with Crippen molar-refractivity contribution in [3.8, 4) is 0 Å². The Kier molecular flexibility index (Phi) is 22.1. The average molecular weight is 815 g/mol. The number of carbonyl (C=O) groups is 6. The van der Waals surface area contributed by atoms with E-state index in [4.69, 9.17) is 15.3 Å². The summed E-state index contributed by atoms with van der Waals surface area (Å²) in [7, 11) is 0. The number of amides is 3. The molecule has 57 heavy (non-hydrogen) atoms. The summed E-state index contributed by atoms with van der Waals surface area (Å²) in [5.74, 6) is -7.44. The van der Waals surface area contributed by atoms with E-state index >= 15 is 0 Å². The highest BCUT2D eigenvalue weighted by Gasteiger charge is 2.35. The fourth-order valence-corrected chi connectivity index (χ4v) is 6.48.